The highest BCUT2D eigenvalue weighted by Crippen LogP contribution is 2.24. The third kappa shape index (κ3) is 1.98. The quantitative estimate of drug-likeness (QED) is 0.762. The van der Waals surface area contributed by atoms with Gasteiger partial charge < -0.3 is 10.2 Å². The molecule has 2 N–H and O–H groups in total. The predicted molar refractivity (Wildman–Crippen MR) is 70.0 cm³/mol. The summed E-state index contributed by atoms with van der Waals surface area (Å²) in [6.07, 6.45) is 4.31. The Kier molecular flexibility index (Phi) is 2.78. The van der Waals surface area contributed by atoms with Crippen LogP contribution in [0, 0.1) is 0 Å². The van der Waals surface area contributed by atoms with Crippen molar-refractivity contribution in [1.29, 1.82) is 0 Å². The molecule has 0 fully saturated rings. The molecule has 0 aliphatic heterocycles. The Morgan fingerprint density at radius 2 is 1.94 bits per heavy atom. The Morgan fingerprint density at radius 1 is 1.11 bits per heavy atom. The van der Waals surface area contributed by atoms with Crippen LogP contribution in [0.1, 0.15) is 5.56 Å². The second-order valence-corrected chi connectivity index (χ2v) is 4.10. The van der Waals surface area contributed by atoms with E-state index in [1.54, 1.807) is 12.4 Å². The molecule has 1 aromatic carbocycles. The second kappa shape index (κ2) is 4.58. The van der Waals surface area contributed by atoms with Gasteiger partial charge in [0.25, 0.3) is 0 Å². The molecule has 4 nitrogen and oxygen atoms in total. The van der Waals surface area contributed by atoms with Crippen LogP contribution in [0.3, 0.4) is 0 Å². The maximum atomic E-state index is 5.72. The lowest BCUT2D eigenvalue weighted by Gasteiger charge is -1.95. The van der Waals surface area contributed by atoms with E-state index in [-0.39, 0.29) is 0 Å². The molecule has 0 radical (unpaired) electrons. The summed E-state index contributed by atoms with van der Waals surface area (Å²) >= 11 is 0. The zero-order chi connectivity index (χ0) is 12.4. The number of aromatic nitrogens is 2. The largest absolute Gasteiger partial charge is 0.436 e. The molecule has 18 heavy (non-hydrogen) atoms. The Bertz CT molecular complexity index is 661. The van der Waals surface area contributed by atoms with Crippen LogP contribution in [0.2, 0.25) is 0 Å². The van der Waals surface area contributed by atoms with Gasteiger partial charge in [-0.3, -0.25) is 4.98 Å². The summed E-state index contributed by atoms with van der Waals surface area (Å²) in [5.74, 6) is 0.622. The topological polar surface area (TPSA) is 64.9 Å². The van der Waals surface area contributed by atoms with E-state index in [0.29, 0.717) is 12.4 Å². The zero-order valence-corrected chi connectivity index (χ0v) is 9.84. The zero-order valence-electron chi connectivity index (χ0n) is 9.84. The predicted octanol–water partition coefficient (Wildman–Crippen LogP) is 2.39. The number of pyridine rings is 1. The molecule has 2 aromatic heterocycles. The third-order valence-electron chi connectivity index (χ3n) is 2.81. The minimum absolute atomic E-state index is 0.622. The average molecular weight is 239 g/mol. The van der Waals surface area contributed by atoms with Crippen molar-refractivity contribution in [2.75, 3.05) is 6.54 Å². The van der Waals surface area contributed by atoms with E-state index in [1.165, 1.54) is 5.56 Å². The summed E-state index contributed by atoms with van der Waals surface area (Å²) < 4.78 is 5.72. The van der Waals surface area contributed by atoms with E-state index in [1.807, 2.05) is 30.3 Å². The van der Waals surface area contributed by atoms with Gasteiger partial charge in [0.05, 0.1) is 0 Å². The fourth-order valence-electron chi connectivity index (χ4n) is 1.91. The molecular weight excluding hydrogens is 226 g/mol. The minimum Gasteiger partial charge on any atom is -0.436 e. The van der Waals surface area contributed by atoms with Gasteiger partial charge in [-0.1, -0.05) is 6.07 Å². The van der Waals surface area contributed by atoms with Gasteiger partial charge in [-0.2, -0.15) is 0 Å². The molecule has 0 saturated heterocycles. The number of benzene rings is 1. The van der Waals surface area contributed by atoms with Gasteiger partial charge in [-0.25, -0.2) is 4.98 Å². The fourth-order valence-corrected chi connectivity index (χ4v) is 1.91. The van der Waals surface area contributed by atoms with Crippen LogP contribution in [0.4, 0.5) is 0 Å². The molecule has 0 spiro atoms. The van der Waals surface area contributed by atoms with Crippen LogP contribution >= 0.6 is 0 Å². The number of hydrogen-bond acceptors (Lipinski definition) is 4. The molecule has 0 aliphatic rings. The van der Waals surface area contributed by atoms with Crippen molar-refractivity contribution in [2.45, 2.75) is 6.42 Å². The molecule has 2 heterocycles. The smallest absolute Gasteiger partial charge is 0.227 e. The van der Waals surface area contributed by atoms with E-state index in [4.69, 9.17) is 10.2 Å². The molecule has 0 saturated carbocycles. The Labute approximate surface area is 104 Å². The maximum absolute atomic E-state index is 5.72. The van der Waals surface area contributed by atoms with Crippen LogP contribution < -0.4 is 5.73 Å². The van der Waals surface area contributed by atoms with Gasteiger partial charge >= 0.3 is 0 Å². The molecule has 3 aromatic rings. The molecule has 4 heteroatoms. The first-order chi connectivity index (χ1) is 8.86. The molecular formula is C14H13N3O. The van der Waals surface area contributed by atoms with Gasteiger partial charge in [0.15, 0.2) is 5.58 Å². The summed E-state index contributed by atoms with van der Waals surface area (Å²) in [7, 11) is 0. The van der Waals surface area contributed by atoms with Crippen molar-refractivity contribution in [1.82, 2.24) is 9.97 Å². The number of nitrogens with two attached hydrogens (primary N) is 1. The van der Waals surface area contributed by atoms with Crippen LogP contribution in [0.5, 0.6) is 0 Å². The van der Waals surface area contributed by atoms with Gasteiger partial charge in [0.2, 0.25) is 5.89 Å². The summed E-state index contributed by atoms with van der Waals surface area (Å²) in [4.78, 5) is 8.47. The highest BCUT2D eigenvalue weighted by Gasteiger charge is 2.08. The van der Waals surface area contributed by atoms with E-state index in [0.717, 1.165) is 23.1 Å². The van der Waals surface area contributed by atoms with Crippen molar-refractivity contribution < 1.29 is 4.42 Å². The summed E-state index contributed by atoms with van der Waals surface area (Å²) in [5, 5.41) is 0. The number of rotatable bonds is 3. The van der Waals surface area contributed by atoms with E-state index in [2.05, 4.69) is 9.97 Å². The van der Waals surface area contributed by atoms with Gasteiger partial charge in [0, 0.05) is 18.0 Å². The van der Waals surface area contributed by atoms with Crippen molar-refractivity contribution in [3.8, 4) is 11.5 Å². The summed E-state index contributed by atoms with van der Waals surface area (Å²) in [5.41, 5.74) is 9.32. The fraction of sp³-hybridized carbons (Fsp3) is 0.143. The van der Waals surface area contributed by atoms with Crippen molar-refractivity contribution >= 4 is 11.1 Å². The lowest BCUT2D eigenvalue weighted by molar-refractivity contribution is 0.619. The number of oxazole rings is 1. The van der Waals surface area contributed by atoms with E-state index < -0.39 is 0 Å². The molecule has 0 bridgehead atoms. The van der Waals surface area contributed by atoms with Crippen LogP contribution in [0.25, 0.3) is 22.6 Å². The maximum Gasteiger partial charge on any atom is 0.227 e. The SMILES string of the molecule is NCCc1ccc2oc(-c3ccncc3)nc2c1. The van der Waals surface area contributed by atoms with Crippen molar-refractivity contribution in [3.63, 3.8) is 0 Å². The number of hydrogen-bond donors (Lipinski definition) is 1. The first-order valence-electron chi connectivity index (χ1n) is 5.87. The Morgan fingerprint density at radius 3 is 2.72 bits per heavy atom. The molecule has 3 rings (SSSR count). The number of fused-ring (bicyclic) bond motifs is 1. The van der Waals surface area contributed by atoms with Gasteiger partial charge in [-0.05, 0) is 42.8 Å². The molecule has 0 atom stereocenters. The summed E-state index contributed by atoms with van der Waals surface area (Å²) in [6, 6.07) is 9.75. The monoisotopic (exact) mass is 239 g/mol. The lowest BCUT2D eigenvalue weighted by atomic mass is 10.1. The van der Waals surface area contributed by atoms with Gasteiger partial charge in [0.1, 0.15) is 5.52 Å². The Balaban J connectivity index is 2.06. The first kappa shape index (κ1) is 10.9. The van der Waals surface area contributed by atoms with E-state index in [9.17, 15) is 0 Å². The van der Waals surface area contributed by atoms with Crippen molar-refractivity contribution in [2.24, 2.45) is 5.73 Å². The standard InChI is InChI=1S/C14H13N3O/c15-6-3-10-1-2-13-12(9-10)17-14(18-13)11-4-7-16-8-5-11/h1-2,4-5,7-9H,3,6,15H2. The summed E-state index contributed by atoms with van der Waals surface area (Å²) in [6.45, 7) is 0.639. The van der Waals surface area contributed by atoms with Crippen LogP contribution in [-0.2, 0) is 6.42 Å². The molecule has 0 unspecified atom stereocenters. The Hall–Kier alpha value is -2.20. The third-order valence-corrected chi connectivity index (χ3v) is 2.81. The normalized spacial score (nSPS) is 10.9. The van der Waals surface area contributed by atoms with E-state index >= 15 is 0 Å². The van der Waals surface area contributed by atoms with Gasteiger partial charge in [-0.15, -0.1) is 0 Å². The minimum atomic E-state index is 0.622. The molecule has 90 valence electrons. The highest BCUT2D eigenvalue weighted by atomic mass is 16.3. The second-order valence-electron chi connectivity index (χ2n) is 4.10. The molecule has 0 amide bonds. The lowest BCUT2D eigenvalue weighted by Crippen LogP contribution is -2.02. The highest BCUT2D eigenvalue weighted by molar-refractivity contribution is 5.76. The average Bonchev–Trinajstić information content (AvgIpc) is 2.83. The first-order valence-corrected chi connectivity index (χ1v) is 5.87. The number of nitrogens with zero attached hydrogens (tertiary/aromatic N) is 2. The van der Waals surface area contributed by atoms with Crippen LogP contribution in [-0.4, -0.2) is 16.5 Å². The van der Waals surface area contributed by atoms with Crippen LogP contribution in [0.15, 0.2) is 47.1 Å². The molecule has 0 aliphatic carbocycles. The van der Waals surface area contributed by atoms with Crippen molar-refractivity contribution in [3.05, 3.63) is 48.3 Å².